The molecule has 1 saturated heterocycles. The van der Waals surface area contributed by atoms with Crippen LogP contribution in [0.25, 0.3) is 0 Å². The molecular weight excluding hydrogens is 339 g/mol. The Kier molecular flexibility index (Phi) is 10.3. The van der Waals surface area contributed by atoms with Crippen LogP contribution in [0.5, 0.6) is 0 Å². The molecule has 0 aliphatic carbocycles. The highest BCUT2D eigenvalue weighted by Crippen LogP contribution is 2.49. The van der Waals surface area contributed by atoms with Crippen molar-refractivity contribution < 1.29 is 13.8 Å². The molecule has 0 radical (unpaired) electrons. The van der Waals surface area contributed by atoms with Gasteiger partial charge in [-0.05, 0) is 27.7 Å². The molecule has 0 saturated carbocycles. The number of nitrogens with zero attached hydrogens (tertiary/aromatic N) is 2. The van der Waals surface area contributed by atoms with Crippen molar-refractivity contribution in [3.63, 3.8) is 0 Å². The summed E-state index contributed by atoms with van der Waals surface area (Å²) in [6, 6.07) is 2.76. The molecule has 5 nitrogen and oxygen atoms in total. The summed E-state index contributed by atoms with van der Waals surface area (Å²) in [5, 5.41) is 8.73. The van der Waals surface area contributed by atoms with Gasteiger partial charge in [0.05, 0.1) is 25.2 Å². The fourth-order valence-electron chi connectivity index (χ4n) is 2.17. The lowest BCUT2D eigenvalue weighted by Crippen LogP contribution is -2.40. The summed E-state index contributed by atoms with van der Waals surface area (Å²) < 4.78 is 20.1. The van der Waals surface area contributed by atoms with Crippen molar-refractivity contribution in [2.75, 3.05) is 25.2 Å². The first-order valence-electron chi connectivity index (χ1n) is 7.53. The monoisotopic (exact) mass is 366 g/mol. The predicted octanol–water partition coefficient (Wildman–Crippen LogP) is 4.06. The first kappa shape index (κ1) is 20.5. The molecule has 1 rings (SSSR count). The number of nitriles is 1. The summed E-state index contributed by atoms with van der Waals surface area (Å²) in [7, 11) is 4.18. The SMILES string of the molecule is CO[C@H]1CSSC[C@@H]1OP(OCCC#N)N(C(C)C)C(C)C. The minimum absolute atomic E-state index is 0.0319. The molecule has 0 aromatic rings. The quantitative estimate of drug-likeness (QED) is 0.346. The van der Waals surface area contributed by atoms with Gasteiger partial charge in [-0.1, -0.05) is 21.6 Å². The van der Waals surface area contributed by atoms with Gasteiger partial charge in [0.25, 0.3) is 8.53 Å². The van der Waals surface area contributed by atoms with Crippen LogP contribution in [0.3, 0.4) is 0 Å². The molecule has 0 N–H and O–H groups in total. The van der Waals surface area contributed by atoms with Gasteiger partial charge in [-0.25, -0.2) is 4.67 Å². The summed E-state index contributed by atoms with van der Waals surface area (Å²) in [5.41, 5.74) is 0. The molecule has 1 aliphatic rings. The maximum Gasteiger partial charge on any atom is 0.259 e. The van der Waals surface area contributed by atoms with Crippen LogP contribution in [0.15, 0.2) is 0 Å². The minimum Gasteiger partial charge on any atom is -0.378 e. The lowest BCUT2D eigenvalue weighted by Gasteiger charge is -2.39. The van der Waals surface area contributed by atoms with Crippen LogP contribution < -0.4 is 0 Å². The van der Waals surface area contributed by atoms with Gasteiger partial charge < -0.3 is 13.8 Å². The van der Waals surface area contributed by atoms with Gasteiger partial charge >= 0.3 is 0 Å². The Morgan fingerprint density at radius 1 is 1.18 bits per heavy atom. The Balaban J connectivity index is 2.77. The maximum absolute atomic E-state index is 8.73. The fourth-order valence-corrected chi connectivity index (χ4v) is 6.50. The zero-order valence-electron chi connectivity index (χ0n) is 14.0. The van der Waals surface area contributed by atoms with Crippen LogP contribution in [0, 0.1) is 11.3 Å². The lowest BCUT2D eigenvalue weighted by atomic mass is 10.2. The molecule has 0 aromatic heterocycles. The Bertz CT molecular complexity index is 347. The first-order chi connectivity index (χ1) is 10.5. The van der Waals surface area contributed by atoms with Crippen LogP contribution in [-0.4, -0.2) is 54.2 Å². The van der Waals surface area contributed by atoms with Crippen molar-refractivity contribution in [3.05, 3.63) is 0 Å². The zero-order chi connectivity index (χ0) is 16.5. The second-order valence-electron chi connectivity index (χ2n) is 5.53. The molecule has 1 aliphatic heterocycles. The first-order valence-corrected chi connectivity index (χ1v) is 11.1. The molecule has 0 aromatic carbocycles. The normalized spacial score (nSPS) is 24.0. The summed E-state index contributed by atoms with van der Waals surface area (Å²) >= 11 is 0. The van der Waals surface area contributed by atoms with Gasteiger partial charge in [0, 0.05) is 30.7 Å². The van der Waals surface area contributed by atoms with Crippen molar-refractivity contribution >= 4 is 30.1 Å². The Morgan fingerprint density at radius 3 is 2.27 bits per heavy atom. The number of hydrogen-bond acceptors (Lipinski definition) is 7. The summed E-state index contributed by atoms with van der Waals surface area (Å²) in [6.45, 7) is 8.99. The van der Waals surface area contributed by atoms with E-state index in [1.165, 1.54) is 0 Å². The van der Waals surface area contributed by atoms with E-state index >= 15 is 0 Å². The highest BCUT2D eigenvalue weighted by Gasteiger charge is 2.34. The van der Waals surface area contributed by atoms with Gasteiger partial charge in [-0.3, -0.25) is 0 Å². The molecule has 128 valence electrons. The standard InChI is InChI=1S/C14H27N2O3PS2/c1-11(2)16(12(3)4)20(18-8-6-7-15)19-14-10-22-21-9-13(14)17-5/h11-14H,6,8-10H2,1-5H3/t13-,14-,20?/m0/s1. The Hall–Kier alpha value is 0.460. The summed E-state index contributed by atoms with van der Waals surface area (Å²) in [5.74, 6) is 1.82. The van der Waals surface area contributed by atoms with Gasteiger partial charge in [0.1, 0.15) is 6.10 Å². The summed E-state index contributed by atoms with van der Waals surface area (Å²) in [6.07, 6.45) is 0.510. The van der Waals surface area contributed by atoms with Crippen molar-refractivity contribution in [1.29, 1.82) is 5.26 Å². The van der Waals surface area contributed by atoms with Crippen LogP contribution in [0.2, 0.25) is 0 Å². The van der Waals surface area contributed by atoms with Crippen molar-refractivity contribution in [2.45, 2.75) is 58.4 Å². The third-order valence-electron chi connectivity index (χ3n) is 3.15. The van der Waals surface area contributed by atoms with Crippen molar-refractivity contribution in [2.24, 2.45) is 0 Å². The molecular formula is C14H27N2O3PS2. The number of ether oxygens (including phenoxy) is 1. The largest absolute Gasteiger partial charge is 0.378 e. The van der Waals surface area contributed by atoms with E-state index in [-0.39, 0.29) is 12.2 Å². The second-order valence-corrected chi connectivity index (χ2v) is 9.49. The van der Waals surface area contributed by atoms with Crippen LogP contribution in [0.1, 0.15) is 34.1 Å². The molecule has 0 amide bonds. The number of methoxy groups -OCH3 is 1. The van der Waals surface area contributed by atoms with Gasteiger partial charge in [-0.15, -0.1) is 0 Å². The molecule has 22 heavy (non-hydrogen) atoms. The van der Waals surface area contributed by atoms with E-state index in [1.807, 2.05) is 21.6 Å². The molecule has 0 spiro atoms. The second kappa shape index (κ2) is 11.1. The number of rotatable bonds is 9. The van der Waals surface area contributed by atoms with E-state index in [0.717, 1.165) is 11.5 Å². The van der Waals surface area contributed by atoms with E-state index in [4.69, 9.17) is 19.0 Å². The summed E-state index contributed by atoms with van der Waals surface area (Å²) in [4.78, 5) is 0. The van der Waals surface area contributed by atoms with Crippen molar-refractivity contribution in [1.82, 2.24) is 4.67 Å². The van der Waals surface area contributed by atoms with Gasteiger partial charge in [-0.2, -0.15) is 5.26 Å². The fraction of sp³-hybridized carbons (Fsp3) is 0.929. The molecule has 8 heteroatoms. The lowest BCUT2D eigenvalue weighted by molar-refractivity contribution is 0.0179. The average molecular weight is 366 g/mol. The smallest absolute Gasteiger partial charge is 0.259 e. The Labute approximate surface area is 143 Å². The molecule has 1 unspecified atom stereocenters. The van der Waals surface area contributed by atoms with Crippen LogP contribution in [0.4, 0.5) is 0 Å². The molecule has 3 atom stereocenters. The van der Waals surface area contributed by atoms with E-state index in [2.05, 4.69) is 38.4 Å². The van der Waals surface area contributed by atoms with Crippen LogP contribution in [-0.2, 0) is 13.8 Å². The molecule has 1 fully saturated rings. The topological polar surface area (TPSA) is 54.7 Å². The maximum atomic E-state index is 8.73. The van der Waals surface area contributed by atoms with Gasteiger partial charge in [0.2, 0.25) is 0 Å². The van der Waals surface area contributed by atoms with E-state index in [0.29, 0.717) is 25.1 Å². The van der Waals surface area contributed by atoms with Crippen LogP contribution >= 0.6 is 30.1 Å². The highest BCUT2D eigenvalue weighted by molar-refractivity contribution is 8.76. The van der Waals surface area contributed by atoms with E-state index in [1.54, 1.807) is 7.11 Å². The van der Waals surface area contributed by atoms with Crippen molar-refractivity contribution in [3.8, 4) is 6.07 Å². The third-order valence-corrected chi connectivity index (χ3v) is 7.72. The highest BCUT2D eigenvalue weighted by atomic mass is 33.1. The van der Waals surface area contributed by atoms with Gasteiger partial charge in [0.15, 0.2) is 0 Å². The number of hydrogen-bond donors (Lipinski definition) is 0. The average Bonchev–Trinajstić information content (AvgIpc) is 2.47. The Morgan fingerprint density at radius 2 is 1.77 bits per heavy atom. The third kappa shape index (κ3) is 6.52. The molecule has 1 heterocycles. The predicted molar refractivity (Wildman–Crippen MR) is 95.8 cm³/mol. The minimum atomic E-state index is -1.19. The van der Waals surface area contributed by atoms with E-state index in [9.17, 15) is 0 Å². The zero-order valence-corrected chi connectivity index (χ0v) is 16.5. The molecule has 0 bridgehead atoms. The van der Waals surface area contributed by atoms with E-state index < -0.39 is 8.53 Å².